The van der Waals surface area contributed by atoms with E-state index in [0.29, 0.717) is 4.47 Å². The first kappa shape index (κ1) is 17.3. The van der Waals surface area contributed by atoms with E-state index >= 15 is 0 Å². The molecule has 0 heterocycles. The zero-order chi connectivity index (χ0) is 18.5. The van der Waals surface area contributed by atoms with Crippen LogP contribution in [0.1, 0.15) is 0 Å². The highest BCUT2D eigenvalue weighted by molar-refractivity contribution is 9.10. The molecular weight excluding hydrogens is 429 g/mol. The number of rotatable bonds is 2. The van der Waals surface area contributed by atoms with Crippen LogP contribution in [-0.2, 0) is 11.1 Å². The van der Waals surface area contributed by atoms with Crippen LogP contribution in [0.3, 0.4) is 0 Å². The van der Waals surface area contributed by atoms with Crippen molar-refractivity contribution in [3.8, 4) is 5.75 Å². The lowest BCUT2D eigenvalue weighted by molar-refractivity contribution is -0.0437. The van der Waals surface area contributed by atoms with E-state index in [4.69, 9.17) is 0 Å². The van der Waals surface area contributed by atoms with Crippen LogP contribution in [0.5, 0.6) is 5.75 Å². The first-order valence-corrected chi connectivity index (χ1v) is 9.42. The van der Waals surface area contributed by atoms with Crippen LogP contribution in [0.25, 0.3) is 32.3 Å². The highest BCUT2D eigenvalue weighted by atomic mass is 79.9. The molecule has 4 aromatic rings. The molecular formula is C19H10BrF3O2S. The highest BCUT2D eigenvalue weighted by Gasteiger charge is 2.40. The average molecular weight is 439 g/mol. The quantitative estimate of drug-likeness (QED) is 0.335. The Morgan fingerprint density at radius 3 is 1.65 bits per heavy atom. The number of hydrogen-bond donors (Lipinski definition) is 0. The first-order chi connectivity index (χ1) is 12.4. The van der Waals surface area contributed by atoms with Crippen LogP contribution in [0.15, 0.2) is 65.1 Å². The van der Waals surface area contributed by atoms with E-state index in [1.165, 1.54) is 6.07 Å². The normalized spacial score (nSPS) is 13.4. The standard InChI is InChI=1S/C19H10BrF3O2S/c20-17-9-15-13-7-3-1-5-11(13)12-6-2-4-8-14(12)16(15)10-18(17)25-26(24)19(21,22)23/h1-10H. The maximum Gasteiger partial charge on any atom is 0.508 e. The average Bonchev–Trinajstić information content (AvgIpc) is 2.62. The Morgan fingerprint density at radius 1 is 0.769 bits per heavy atom. The Labute approximate surface area is 157 Å². The summed E-state index contributed by atoms with van der Waals surface area (Å²) in [6.07, 6.45) is 0. The largest absolute Gasteiger partial charge is 0.508 e. The van der Waals surface area contributed by atoms with Gasteiger partial charge < -0.3 is 4.18 Å². The molecule has 0 saturated heterocycles. The molecule has 0 aliphatic rings. The molecule has 0 fully saturated rings. The number of benzene rings is 4. The maximum absolute atomic E-state index is 12.6. The Hall–Kier alpha value is -2.12. The lowest BCUT2D eigenvalue weighted by Gasteiger charge is -2.14. The smallest absolute Gasteiger partial charge is 0.393 e. The minimum atomic E-state index is -4.94. The minimum Gasteiger partial charge on any atom is -0.393 e. The second-order valence-corrected chi connectivity index (χ2v) is 7.64. The van der Waals surface area contributed by atoms with Gasteiger partial charge in [-0.15, -0.1) is 0 Å². The Bertz CT molecular complexity index is 1190. The van der Waals surface area contributed by atoms with Crippen LogP contribution in [0.4, 0.5) is 13.2 Å². The van der Waals surface area contributed by atoms with Crippen LogP contribution in [0, 0.1) is 0 Å². The molecule has 0 spiro atoms. The van der Waals surface area contributed by atoms with Crippen molar-refractivity contribution in [3.63, 3.8) is 0 Å². The molecule has 0 amide bonds. The van der Waals surface area contributed by atoms with Gasteiger partial charge in [0.2, 0.25) is 0 Å². The van der Waals surface area contributed by atoms with Gasteiger partial charge in [-0.1, -0.05) is 48.5 Å². The van der Waals surface area contributed by atoms with Gasteiger partial charge in [0.25, 0.3) is 0 Å². The third-order valence-corrected chi connectivity index (χ3v) is 5.48. The van der Waals surface area contributed by atoms with Gasteiger partial charge >= 0.3 is 16.6 Å². The third kappa shape index (κ3) is 2.85. The summed E-state index contributed by atoms with van der Waals surface area (Å²) in [5.41, 5.74) is -4.94. The summed E-state index contributed by atoms with van der Waals surface area (Å²) in [4.78, 5) is 0. The van der Waals surface area contributed by atoms with Crippen molar-refractivity contribution in [3.05, 3.63) is 65.1 Å². The van der Waals surface area contributed by atoms with Crippen LogP contribution >= 0.6 is 15.9 Å². The zero-order valence-electron chi connectivity index (χ0n) is 13.0. The fraction of sp³-hybridized carbons (Fsp3) is 0.0526. The van der Waals surface area contributed by atoms with Crippen molar-refractivity contribution in [2.75, 3.05) is 0 Å². The number of halogens is 4. The SMILES string of the molecule is O=S(Oc1cc2c3ccccc3c3ccccc3c2cc1Br)C(F)(F)F. The molecule has 0 aromatic heterocycles. The van der Waals surface area contributed by atoms with Crippen molar-refractivity contribution in [2.45, 2.75) is 5.51 Å². The van der Waals surface area contributed by atoms with Gasteiger partial charge in [0.1, 0.15) is 0 Å². The Morgan fingerprint density at radius 2 is 1.19 bits per heavy atom. The highest BCUT2D eigenvalue weighted by Crippen LogP contribution is 2.40. The van der Waals surface area contributed by atoms with E-state index in [1.807, 2.05) is 48.5 Å². The van der Waals surface area contributed by atoms with Gasteiger partial charge in [-0.3, -0.25) is 0 Å². The molecule has 4 rings (SSSR count). The van der Waals surface area contributed by atoms with E-state index in [9.17, 15) is 17.4 Å². The van der Waals surface area contributed by atoms with Crippen molar-refractivity contribution in [2.24, 2.45) is 0 Å². The predicted molar refractivity (Wildman–Crippen MR) is 101 cm³/mol. The summed E-state index contributed by atoms with van der Waals surface area (Å²) in [6, 6.07) is 18.7. The molecule has 0 radical (unpaired) electrons. The summed E-state index contributed by atoms with van der Waals surface area (Å²) in [5, 5.41) is 5.51. The molecule has 4 aromatic carbocycles. The molecule has 0 aliphatic heterocycles. The summed E-state index contributed by atoms with van der Waals surface area (Å²) in [7, 11) is 0. The molecule has 0 N–H and O–H groups in total. The van der Waals surface area contributed by atoms with Gasteiger partial charge in [-0.25, -0.2) is 4.21 Å². The fourth-order valence-corrected chi connectivity index (χ4v) is 4.02. The Balaban J connectivity index is 2.06. The van der Waals surface area contributed by atoms with Crippen molar-refractivity contribution < 1.29 is 21.6 Å². The lowest BCUT2D eigenvalue weighted by atomic mass is 9.94. The molecule has 0 saturated carbocycles. The molecule has 2 nitrogen and oxygen atoms in total. The number of fused-ring (bicyclic) bond motifs is 6. The fourth-order valence-electron chi connectivity index (χ4n) is 3.10. The second kappa shape index (κ2) is 6.25. The molecule has 0 bridgehead atoms. The molecule has 7 heteroatoms. The molecule has 26 heavy (non-hydrogen) atoms. The molecule has 1 unspecified atom stereocenters. The monoisotopic (exact) mass is 438 g/mol. The summed E-state index contributed by atoms with van der Waals surface area (Å²) in [6.45, 7) is 0. The molecule has 0 aliphatic carbocycles. The molecule has 1 atom stereocenters. The maximum atomic E-state index is 12.6. The van der Waals surface area contributed by atoms with E-state index in [-0.39, 0.29) is 5.75 Å². The van der Waals surface area contributed by atoms with Crippen molar-refractivity contribution in [1.29, 1.82) is 0 Å². The lowest BCUT2D eigenvalue weighted by Crippen LogP contribution is -2.21. The Kier molecular flexibility index (Phi) is 4.16. The van der Waals surface area contributed by atoms with E-state index in [1.54, 1.807) is 6.07 Å². The van der Waals surface area contributed by atoms with Gasteiger partial charge in [-0.05, 0) is 60.4 Å². The number of hydrogen-bond acceptors (Lipinski definition) is 2. The van der Waals surface area contributed by atoms with Gasteiger partial charge in [0, 0.05) is 0 Å². The second-order valence-electron chi connectivity index (χ2n) is 5.68. The van der Waals surface area contributed by atoms with Crippen LogP contribution in [0.2, 0.25) is 0 Å². The van der Waals surface area contributed by atoms with Gasteiger partial charge in [0.05, 0.1) is 4.47 Å². The first-order valence-electron chi connectivity index (χ1n) is 7.56. The van der Waals surface area contributed by atoms with Crippen LogP contribution < -0.4 is 4.18 Å². The summed E-state index contributed by atoms with van der Waals surface area (Å²) < 4.78 is 54.1. The zero-order valence-corrected chi connectivity index (χ0v) is 15.4. The van der Waals surface area contributed by atoms with Crippen molar-refractivity contribution >= 4 is 59.3 Å². The van der Waals surface area contributed by atoms with Crippen molar-refractivity contribution in [1.82, 2.24) is 0 Å². The minimum absolute atomic E-state index is 0.117. The van der Waals surface area contributed by atoms with E-state index < -0.39 is 16.6 Å². The summed E-state index contributed by atoms with van der Waals surface area (Å²) in [5.74, 6) is -0.117. The molecule has 132 valence electrons. The summed E-state index contributed by atoms with van der Waals surface area (Å²) >= 11 is -0.197. The van der Waals surface area contributed by atoms with E-state index in [2.05, 4.69) is 20.1 Å². The predicted octanol–water partition coefficient (Wildman–Crippen LogP) is 6.47. The van der Waals surface area contributed by atoms with Gasteiger partial charge in [-0.2, -0.15) is 13.2 Å². The van der Waals surface area contributed by atoms with E-state index in [0.717, 1.165) is 32.3 Å². The third-order valence-electron chi connectivity index (χ3n) is 4.15. The van der Waals surface area contributed by atoms with Gasteiger partial charge in [0.15, 0.2) is 5.75 Å². The number of alkyl halides is 3. The topological polar surface area (TPSA) is 26.3 Å². The van der Waals surface area contributed by atoms with Crippen LogP contribution in [-0.4, -0.2) is 9.72 Å².